The Labute approximate surface area is 140 Å². The number of thiophene rings is 1. The third-order valence-electron chi connectivity index (χ3n) is 4.40. The Bertz CT molecular complexity index is 521. The highest BCUT2D eigenvalue weighted by molar-refractivity contribution is 7.12. The molecule has 2 fully saturated rings. The number of amides is 2. The van der Waals surface area contributed by atoms with Gasteiger partial charge in [0.1, 0.15) is 0 Å². The van der Waals surface area contributed by atoms with Crippen LogP contribution in [-0.2, 0) is 9.53 Å². The van der Waals surface area contributed by atoms with Crippen LogP contribution in [0.15, 0.2) is 17.5 Å². The molecule has 2 aliphatic heterocycles. The molecular formula is C16H23N3O3S. The van der Waals surface area contributed by atoms with Crippen LogP contribution in [-0.4, -0.2) is 85.5 Å². The van der Waals surface area contributed by atoms with Gasteiger partial charge in [-0.25, -0.2) is 0 Å². The predicted octanol–water partition coefficient (Wildman–Crippen LogP) is 0.755. The van der Waals surface area contributed by atoms with Crippen LogP contribution in [0.2, 0.25) is 0 Å². The third-order valence-corrected chi connectivity index (χ3v) is 5.26. The fourth-order valence-electron chi connectivity index (χ4n) is 2.95. The summed E-state index contributed by atoms with van der Waals surface area (Å²) in [5.74, 6) is 0.278. The lowest BCUT2D eigenvalue weighted by molar-refractivity contribution is -0.133. The Morgan fingerprint density at radius 1 is 1.04 bits per heavy atom. The molecule has 2 saturated heterocycles. The highest BCUT2D eigenvalue weighted by atomic mass is 32.1. The zero-order valence-corrected chi connectivity index (χ0v) is 14.1. The van der Waals surface area contributed by atoms with Crippen LogP contribution in [0.4, 0.5) is 0 Å². The number of piperazine rings is 1. The van der Waals surface area contributed by atoms with E-state index in [9.17, 15) is 9.59 Å². The minimum absolute atomic E-state index is 0.0837. The first-order valence-corrected chi connectivity index (χ1v) is 9.02. The molecule has 1 aromatic rings. The molecular weight excluding hydrogens is 314 g/mol. The Kier molecular flexibility index (Phi) is 5.64. The molecule has 0 atom stereocenters. The van der Waals surface area contributed by atoms with Gasteiger partial charge in [-0.2, -0.15) is 0 Å². The van der Waals surface area contributed by atoms with E-state index in [-0.39, 0.29) is 11.8 Å². The van der Waals surface area contributed by atoms with Crippen LogP contribution in [0.1, 0.15) is 16.1 Å². The monoisotopic (exact) mass is 337 g/mol. The van der Waals surface area contributed by atoms with E-state index in [1.807, 2.05) is 27.3 Å². The molecule has 2 aliphatic rings. The van der Waals surface area contributed by atoms with E-state index >= 15 is 0 Å². The molecule has 7 heteroatoms. The second kappa shape index (κ2) is 7.90. The van der Waals surface area contributed by atoms with Gasteiger partial charge >= 0.3 is 0 Å². The van der Waals surface area contributed by atoms with Gasteiger partial charge in [-0.05, 0) is 11.4 Å². The molecule has 3 rings (SSSR count). The van der Waals surface area contributed by atoms with Crippen LogP contribution in [0.3, 0.4) is 0 Å². The van der Waals surface area contributed by atoms with Crippen LogP contribution < -0.4 is 0 Å². The number of nitrogens with zero attached hydrogens (tertiary/aromatic N) is 3. The molecule has 0 unspecified atom stereocenters. The van der Waals surface area contributed by atoms with Gasteiger partial charge in [0.25, 0.3) is 5.91 Å². The molecule has 6 nitrogen and oxygen atoms in total. The Morgan fingerprint density at radius 3 is 2.39 bits per heavy atom. The molecule has 0 saturated carbocycles. The molecule has 2 amide bonds. The fraction of sp³-hybridized carbons (Fsp3) is 0.625. The molecule has 3 heterocycles. The lowest BCUT2D eigenvalue weighted by Gasteiger charge is -2.35. The first kappa shape index (κ1) is 16.4. The largest absolute Gasteiger partial charge is 0.379 e. The second-order valence-electron chi connectivity index (χ2n) is 5.85. The van der Waals surface area contributed by atoms with Crippen molar-refractivity contribution in [1.29, 1.82) is 0 Å². The first-order valence-electron chi connectivity index (χ1n) is 8.15. The Balaban J connectivity index is 1.41. The summed E-state index contributed by atoms with van der Waals surface area (Å²) in [7, 11) is 0. The van der Waals surface area contributed by atoms with E-state index in [0.29, 0.717) is 32.6 Å². The molecule has 1 aromatic heterocycles. The summed E-state index contributed by atoms with van der Waals surface area (Å²) in [6.07, 6.45) is 0.554. The van der Waals surface area contributed by atoms with Gasteiger partial charge in [0, 0.05) is 52.2 Å². The van der Waals surface area contributed by atoms with E-state index in [2.05, 4.69) is 4.90 Å². The van der Waals surface area contributed by atoms with Crippen molar-refractivity contribution >= 4 is 23.2 Å². The van der Waals surface area contributed by atoms with Crippen molar-refractivity contribution in [3.63, 3.8) is 0 Å². The molecule has 126 valence electrons. The van der Waals surface area contributed by atoms with Gasteiger partial charge in [-0.1, -0.05) is 6.07 Å². The molecule has 0 radical (unpaired) electrons. The van der Waals surface area contributed by atoms with E-state index < -0.39 is 0 Å². The number of morpholine rings is 1. The molecule has 0 spiro atoms. The van der Waals surface area contributed by atoms with Crippen molar-refractivity contribution in [2.75, 3.05) is 59.0 Å². The van der Waals surface area contributed by atoms with Crippen LogP contribution >= 0.6 is 11.3 Å². The average Bonchev–Trinajstić information content (AvgIpc) is 3.15. The Morgan fingerprint density at radius 2 is 1.74 bits per heavy atom. The van der Waals surface area contributed by atoms with Gasteiger partial charge in [-0.3, -0.25) is 14.5 Å². The zero-order valence-electron chi connectivity index (χ0n) is 13.3. The minimum atomic E-state index is 0.0837. The van der Waals surface area contributed by atoms with Crippen LogP contribution in [0.25, 0.3) is 0 Å². The molecule has 23 heavy (non-hydrogen) atoms. The number of rotatable bonds is 4. The van der Waals surface area contributed by atoms with Crippen molar-refractivity contribution in [1.82, 2.24) is 14.7 Å². The lowest BCUT2D eigenvalue weighted by Crippen LogP contribution is -2.51. The van der Waals surface area contributed by atoms with Gasteiger partial charge < -0.3 is 14.5 Å². The quantitative estimate of drug-likeness (QED) is 0.814. The zero-order chi connectivity index (χ0) is 16.1. The number of carbonyl (C=O) groups is 2. The SMILES string of the molecule is O=C(CCN1CCOCC1)N1CCN(C(=O)c2cccs2)CC1. The summed E-state index contributed by atoms with van der Waals surface area (Å²) in [4.78, 5) is 31.4. The first-order chi connectivity index (χ1) is 11.2. The summed E-state index contributed by atoms with van der Waals surface area (Å²) in [6, 6.07) is 3.75. The van der Waals surface area contributed by atoms with Crippen molar-refractivity contribution in [2.24, 2.45) is 0 Å². The number of ether oxygens (including phenoxy) is 1. The second-order valence-corrected chi connectivity index (χ2v) is 6.80. The van der Waals surface area contributed by atoms with Gasteiger partial charge in [0.15, 0.2) is 0 Å². The van der Waals surface area contributed by atoms with Gasteiger partial charge in [0.05, 0.1) is 18.1 Å². The summed E-state index contributed by atoms with van der Waals surface area (Å²) in [5, 5.41) is 1.92. The standard InChI is InChI=1S/C16H23N3O3S/c20-15(3-4-17-9-11-22-12-10-17)18-5-7-19(8-6-18)16(21)14-2-1-13-23-14/h1-2,13H,3-12H2. The Hall–Kier alpha value is -1.44. The summed E-state index contributed by atoms with van der Waals surface area (Å²) in [6.45, 7) is 6.68. The van der Waals surface area contributed by atoms with Crippen molar-refractivity contribution in [2.45, 2.75) is 6.42 Å². The number of carbonyl (C=O) groups excluding carboxylic acids is 2. The summed E-state index contributed by atoms with van der Waals surface area (Å²) >= 11 is 1.47. The van der Waals surface area contributed by atoms with E-state index in [1.165, 1.54) is 11.3 Å². The summed E-state index contributed by atoms with van der Waals surface area (Å²) in [5.41, 5.74) is 0. The smallest absolute Gasteiger partial charge is 0.264 e. The lowest BCUT2D eigenvalue weighted by atomic mass is 10.2. The molecule has 0 bridgehead atoms. The average molecular weight is 337 g/mol. The van der Waals surface area contributed by atoms with E-state index in [4.69, 9.17) is 4.74 Å². The topological polar surface area (TPSA) is 53.1 Å². The maximum absolute atomic E-state index is 12.3. The van der Waals surface area contributed by atoms with E-state index in [1.54, 1.807) is 0 Å². The number of hydrogen-bond acceptors (Lipinski definition) is 5. The molecule has 0 aromatic carbocycles. The third kappa shape index (κ3) is 4.31. The van der Waals surface area contributed by atoms with E-state index in [0.717, 1.165) is 37.7 Å². The van der Waals surface area contributed by atoms with Crippen molar-refractivity contribution < 1.29 is 14.3 Å². The maximum Gasteiger partial charge on any atom is 0.264 e. The minimum Gasteiger partial charge on any atom is -0.379 e. The summed E-state index contributed by atoms with van der Waals surface area (Å²) < 4.78 is 5.31. The fourth-order valence-corrected chi connectivity index (χ4v) is 3.64. The van der Waals surface area contributed by atoms with Crippen molar-refractivity contribution in [3.05, 3.63) is 22.4 Å². The normalized spacial score (nSPS) is 19.8. The van der Waals surface area contributed by atoms with Crippen LogP contribution in [0.5, 0.6) is 0 Å². The number of hydrogen-bond donors (Lipinski definition) is 0. The predicted molar refractivity (Wildman–Crippen MR) is 88.7 cm³/mol. The highest BCUT2D eigenvalue weighted by Gasteiger charge is 2.25. The van der Waals surface area contributed by atoms with Gasteiger partial charge in [-0.15, -0.1) is 11.3 Å². The maximum atomic E-state index is 12.3. The highest BCUT2D eigenvalue weighted by Crippen LogP contribution is 2.14. The van der Waals surface area contributed by atoms with Crippen molar-refractivity contribution in [3.8, 4) is 0 Å². The van der Waals surface area contributed by atoms with Gasteiger partial charge in [0.2, 0.25) is 5.91 Å². The molecule has 0 N–H and O–H groups in total. The molecule has 0 aliphatic carbocycles. The van der Waals surface area contributed by atoms with Crippen LogP contribution in [0, 0.1) is 0 Å².